The van der Waals surface area contributed by atoms with Crippen molar-refractivity contribution in [2.24, 2.45) is 0 Å². The van der Waals surface area contributed by atoms with E-state index < -0.39 is 17.1 Å². The number of hydrogen-bond acceptors (Lipinski definition) is 7. The second-order valence-corrected chi connectivity index (χ2v) is 8.82. The molecule has 0 atom stereocenters. The molecule has 158 valence electrons. The number of carbonyl (C=O) groups is 3. The number of fused-ring (bicyclic) bond motifs is 1. The molecule has 1 N–H and O–H groups in total. The first-order chi connectivity index (χ1) is 14.9. The molecule has 3 heterocycles. The van der Waals surface area contributed by atoms with Crippen molar-refractivity contribution in [3.8, 4) is 0 Å². The Labute approximate surface area is 189 Å². The molecule has 31 heavy (non-hydrogen) atoms. The molecule has 3 amide bonds. The van der Waals surface area contributed by atoms with Crippen LogP contribution in [0, 0.1) is 0 Å². The molecular formula is C20H15ClN4O4S2. The normalized spacial score (nSPS) is 15.3. The fraction of sp³-hybridized carbons (Fsp3) is 0.150. The molecule has 0 saturated carbocycles. The number of aromatic nitrogens is 2. The monoisotopic (exact) mass is 474 g/mol. The molecule has 1 saturated heterocycles. The Hall–Kier alpha value is -2.95. The van der Waals surface area contributed by atoms with Crippen molar-refractivity contribution in [3.63, 3.8) is 0 Å². The van der Waals surface area contributed by atoms with E-state index in [4.69, 9.17) is 11.6 Å². The summed E-state index contributed by atoms with van der Waals surface area (Å²) in [5.74, 6) is -0.857. The summed E-state index contributed by atoms with van der Waals surface area (Å²) in [4.78, 5) is 55.4. The standard InChI is InChI=1S/C20H15ClN4O4S2/c21-14-4-2-1-3-12(14)9-15-19(28)25(20(29)31-15)7-6-22-16(26)10-24-11-23-17-13(18(24)27)5-8-30-17/h1-5,8-9,11H,6-7,10H2,(H,22,26)/b15-9-. The van der Waals surface area contributed by atoms with Crippen molar-refractivity contribution in [1.29, 1.82) is 0 Å². The van der Waals surface area contributed by atoms with E-state index in [-0.39, 0.29) is 30.1 Å². The number of imide groups is 1. The topological polar surface area (TPSA) is 101 Å². The summed E-state index contributed by atoms with van der Waals surface area (Å²) in [6.45, 7) is -0.113. The Kier molecular flexibility index (Phi) is 6.21. The van der Waals surface area contributed by atoms with Crippen molar-refractivity contribution in [3.05, 3.63) is 67.9 Å². The van der Waals surface area contributed by atoms with E-state index in [1.807, 2.05) is 0 Å². The Balaban J connectivity index is 1.34. The summed E-state index contributed by atoms with van der Waals surface area (Å²) < 4.78 is 1.22. The molecule has 0 radical (unpaired) electrons. The van der Waals surface area contributed by atoms with Crippen molar-refractivity contribution in [2.75, 3.05) is 13.1 Å². The van der Waals surface area contributed by atoms with Crippen LogP contribution in [-0.2, 0) is 16.1 Å². The van der Waals surface area contributed by atoms with Gasteiger partial charge in [0.25, 0.3) is 16.7 Å². The molecule has 0 bridgehead atoms. The molecule has 1 fully saturated rings. The Bertz CT molecular complexity index is 1280. The fourth-order valence-electron chi connectivity index (χ4n) is 2.95. The van der Waals surface area contributed by atoms with Gasteiger partial charge in [-0.15, -0.1) is 11.3 Å². The summed E-state index contributed by atoms with van der Waals surface area (Å²) in [6, 6.07) is 8.68. The van der Waals surface area contributed by atoms with Gasteiger partial charge in [-0.1, -0.05) is 29.8 Å². The number of amides is 3. The van der Waals surface area contributed by atoms with Gasteiger partial charge in [0, 0.05) is 18.1 Å². The van der Waals surface area contributed by atoms with E-state index in [9.17, 15) is 19.2 Å². The highest BCUT2D eigenvalue weighted by atomic mass is 35.5. The van der Waals surface area contributed by atoms with E-state index in [2.05, 4.69) is 10.3 Å². The zero-order valence-corrected chi connectivity index (χ0v) is 18.3. The first-order valence-corrected chi connectivity index (χ1v) is 11.2. The van der Waals surface area contributed by atoms with Crippen molar-refractivity contribution < 1.29 is 14.4 Å². The Morgan fingerprint density at radius 3 is 2.81 bits per heavy atom. The number of thiophene rings is 1. The van der Waals surface area contributed by atoms with Crippen molar-refractivity contribution >= 4 is 68.0 Å². The number of halogens is 1. The lowest BCUT2D eigenvalue weighted by Gasteiger charge is -2.13. The Morgan fingerprint density at radius 1 is 1.19 bits per heavy atom. The average Bonchev–Trinajstić information content (AvgIpc) is 3.32. The molecule has 0 unspecified atom stereocenters. The van der Waals surface area contributed by atoms with Gasteiger partial charge in [-0.2, -0.15) is 0 Å². The molecule has 4 rings (SSSR count). The second kappa shape index (κ2) is 9.04. The van der Waals surface area contributed by atoms with Crippen LogP contribution in [0.1, 0.15) is 5.56 Å². The van der Waals surface area contributed by atoms with Gasteiger partial charge in [-0.05, 0) is 40.9 Å². The maximum atomic E-state index is 12.5. The molecule has 3 aromatic rings. The van der Waals surface area contributed by atoms with Gasteiger partial charge in [0.2, 0.25) is 5.91 Å². The number of thioether (sulfide) groups is 1. The SMILES string of the molecule is O=C(Cn1cnc2sccc2c1=O)NCCN1C(=O)S/C(=C\c2ccccc2Cl)C1=O. The maximum absolute atomic E-state index is 12.5. The third-order valence-corrected chi connectivity index (χ3v) is 6.56. The van der Waals surface area contributed by atoms with E-state index in [0.29, 0.717) is 20.8 Å². The molecule has 2 aromatic heterocycles. The minimum atomic E-state index is -0.438. The zero-order valence-electron chi connectivity index (χ0n) is 15.9. The molecule has 0 aliphatic carbocycles. The maximum Gasteiger partial charge on any atom is 0.293 e. The zero-order chi connectivity index (χ0) is 22.0. The Morgan fingerprint density at radius 2 is 2.00 bits per heavy atom. The predicted molar refractivity (Wildman–Crippen MR) is 121 cm³/mol. The highest BCUT2D eigenvalue weighted by molar-refractivity contribution is 8.18. The summed E-state index contributed by atoms with van der Waals surface area (Å²) in [7, 11) is 0. The van der Waals surface area contributed by atoms with Crippen LogP contribution in [0.4, 0.5) is 4.79 Å². The van der Waals surface area contributed by atoms with Gasteiger partial charge < -0.3 is 5.32 Å². The van der Waals surface area contributed by atoms with Gasteiger partial charge in [0.05, 0.1) is 16.6 Å². The molecule has 1 aliphatic rings. The lowest BCUT2D eigenvalue weighted by atomic mass is 10.2. The number of hydrogen-bond donors (Lipinski definition) is 1. The molecule has 11 heteroatoms. The minimum absolute atomic E-state index is 0.0208. The third-order valence-electron chi connectivity index (χ3n) is 4.49. The van der Waals surface area contributed by atoms with Crippen LogP contribution in [0.3, 0.4) is 0 Å². The van der Waals surface area contributed by atoms with Crippen LogP contribution in [0.2, 0.25) is 5.02 Å². The number of rotatable bonds is 6. The first-order valence-electron chi connectivity index (χ1n) is 9.13. The molecule has 1 aliphatic heterocycles. The summed E-state index contributed by atoms with van der Waals surface area (Å²) in [5, 5.41) is 4.91. The van der Waals surface area contributed by atoms with Gasteiger partial charge in [-0.25, -0.2) is 4.98 Å². The van der Waals surface area contributed by atoms with Gasteiger partial charge in [-0.3, -0.25) is 28.6 Å². The van der Waals surface area contributed by atoms with E-state index in [0.717, 1.165) is 16.7 Å². The van der Waals surface area contributed by atoms with Crippen molar-refractivity contribution in [2.45, 2.75) is 6.54 Å². The highest BCUT2D eigenvalue weighted by Gasteiger charge is 2.34. The predicted octanol–water partition coefficient (Wildman–Crippen LogP) is 2.96. The highest BCUT2D eigenvalue weighted by Crippen LogP contribution is 2.33. The van der Waals surface area contributed by atoms with Crippen LogP contribution < -0.4 is 10.9 Å². The molecule has 0 spiro atoms. The number of carbonyl (C=O) groups excluding carboxylic acids is 3. The van der Waals surface area contributed by atoms with E-state index in [1.165, 1.54) is 22.2 Å². The van der Waals surface area contributed by atoms with Crippen LogP contribution in [0.5, 0.6) is 0 Å². The quantitative estimate of drug-likeness (QED) is 0.551. The minimum Gasteiger partial charge on any atom is -0.353 e. The fourth-order valence-corrected chi connectivity index (χ4v) is 4.72. The second-order valence-electron chi connectivity index (χ2n) is 6.52. The summed E-state index contributed by atoms with van der Waals surface area (Å²) in [6.07, 6.45) is 2.91. The third kappa shape index (κ3) is 4.55. The van der Waals surface area contributed by atoms with E-state index in [1.54, 1.807) is 41.8 Å². The van der Waals surface area contributed by atoms with Gasteiger partial charge in [0.1, 0.15) is 11.4 Å². The largest absolute Gasteiger partial charge is 0.353 e. The summed E-state index contributed by atoms with van der Waals surface area (Å²) >= 11 is 8.28. The van der Waals surface area contributed by atoms with E-state index >= 15 is 0 Å². The van der Waals surface area contributed by atoms with Crippen LogP contribution in [-0.4, -0.2) is 44.6 Å². The molecule has 8 nitrogen and oxygen atoms in total. The van der Waals surface area contributed by atoms with Gasteiger partial charge >= 0.3 is 0 Å². The smallest absolute Gasteiger partial charge is 0.293 e. The number of nitrogens with zero attached hydrogens (tertiary/aromatic N) is 3. The summed E-state index contributed by atoms with van der Waals surface area (Å²) in [5.41, 5.74) is 0.349. The van der Waals surface area contributed by atoms with Crippen LogP contribution in [0.25, 0.3) is 16.3 Å². The van der Waals surface area contributed by atoms with Crippen molar-refractivity contribution in [1.82, 2.24) is 19.8 Å². The lowest BCUT2D eigenvalue weighted by Crippen LogP contribution is -2.39. The molecule has 1 aromatic carbocycles. The first kappa shape index (κ1) is 21.3. The number of benzene rings is 1. The molecular weight excluding hydrogens is 460 g/mol. The van der Waals surface area contributed by atoms with Crippen LogP contribution in [0.15, 0.2) is 51.7 Å². The number of nitrogens with one attached hydrogen (secondary N) is 1. The van der Waals surface area contributed by atoms with Crippen LogP contribution >= 0.6 is 34.7 Å². The van der Waals surface area contributed by atoms with Gasteiger partial charge in [0.15, 0.2) is 0 Å². The lowest BCUT2D eigenvalue weighted by molar-refractivity contribution is -0.124. The average molecular weight is 475 g/mol.